The van der Waals surface area contributed by atoms with E-state index in [9.17, 15) is 4.79 Å². The average Bonchev–Trinajstić information content (AvgIpc) is 3.47. The van der Waals surface area contributed by atoms with Gasteiger partial charge in [-0.2, -0.15) is 0 Å². The number of hydrogen-bond donors (Lipinski definition) is 0. The Hall–Kier alpha value is -4.02. The molecule has 33 heavy (non-hydrogen) atoms. The smallest absolute Gasteiger partial charge is 0.260 e. The maximum atomic E-state index is 15.4. The Balaban J connectivity index is 1.44. The van der Waals surface area contributed by atoms with Crippen LogP contribution in [0.4, 0.5) is 16.0 Å². The first-order valence-corrected chi connectivity index (χ1v) is 10.7. The fraction of sp³-hybridized carbons (Fsp3) is 0.120. The number of carbonyl (C=O) groups is 1. The third-order valence-corrected chi connectivity index (χ3v) is 6.21. The van der Waals surface area contributed by atoms with Crippen LogP contribution in [0.3, 0.4) is 0 Å². The van der Waals surface area contributed by atoms with Crippen molar-refractivity contribution in [1.29, 1.82) is 0 Å². The van der Waals surface area contributed by atoms with Crippen LogP contribution in [0.5, 0.6) is 0 Å². The van der Waals surface area contributed by atoms with Gasteiger partial charge in [0, 0.05) is 29.1 Å². The van der Waals surface area contributed by atoms with Gasteiger partial charge in [-0.25, -0.2) is 24.2 Å². The fourth-order valence-corrected chi connectivity index (χ4v) is 4.52. The average molecular weight is 456 g/mol. The summed E-state index contributed by atoms with van der Waals surface area (Å²) in [5.74, 6) is 5.38. The highest BCUT2D eigenvalue weighted by molar-refractivity contribution is 6.34. The molecule has 1 saturated carbocycles. The monoisotopic (exact) mass is 455 g/mol. The number of anilines is 2. The topological polar surface area (TPSA) is 63.9 Å². The minimum absolute atomic E-state index is 0.0154. The first-order chi connectivity index (χ1) is 16.1. The molecule has 1 aliphatic heterocycles. The molecule has 2 aliphatic rings. The van der Waals surface area contributed by atoms with E-state index >= 15 is 4.39 Å². The van der Waals surface area contributed by atoms with Crippen molar-refractivity contribution >= 4 is 29.1 Å². The largest absolute Gasteiger partial charge is 0.294 e. The molecule has 0 radical (unpaired) electrons. The number of amides is 1. The molecule has 1 spiro atoms. The van der Waals surface area contributed by atoms with Crippen molar-refractivity contribution in [2.45, 2.75) is 18.4 Å². The van der Waals surface area contributed by atoms with Crippen molar-refractivity contribution in [3.8, 4) is 23.1 Å². The zero-order chi connectivity index (χ0) is 22.6. The van der Waals surface area contributed by atoms with E-state index in [1.165, 1.54) is 17.3 Å². The van der Waals surface area contributed by atoms with Crippen LogP contribution in [0.15, 0.2) is 67.4 Å². The van der Waals surface area contributed by atoms with Crippen molar-refractivity contribution < 1.29 is 9.18 Å². The van der Waals surface area contributed by atoms with Gasteiger partial charge in [-0.3, -0.25) is 9.36 Å². The van der Waals surface area contributed by atoms with Crippen LogP contribution in [0.1, 0.15) is 24.0 Å². The maximum absolute atomic E-state index is 15.4. The highest BCUT2D eigenvalue weighted by Gasteiger charge is 2.62. The van der Waals surface area contributed by atoms with Gasteiger partial charge in [0.25, 0.3) is 5.91 Å². The molecule has 1 fully saturated rings. The summed E-state index contributed by atoms with van der Waals surface area (Å²) in [7, 11) is 0. The molecule has 6 nitrogen and oxygen atoms in total. The molecule has 2 aromatic heterocycles. The summed E-state index contributed by atoms with van der Waals surface area (Å²) in [5.41, 5.74) is 1.87. The lowest BCUT2D eigenvalue weighted by molar-refractivity contribution is -0.120. The van der Waals surface area contributed by atoms with Gasteiger partial charge in [0.1, 0.15) is 23.4 Å². The van der Waals surface area contributed by atoms with Gasteiger partial charge in [-0.15, -0.1) is 0 Å². The molecular weight excluding hydrogens is 441 g/mol. The number of halogens is 2. The third-order valence-electron chi connectivity index (χ3n) is 5.92. The summed E-state index contributed by atoms with van der Waals surface area (Å²) in [4.78, 5) is 27.3. The summed E-state index contributed by atoms with van der Waals surface area (Å²) in [6.07, 6.45) is 7.70. The SMILES string of the molecule is O=C1N(c2c(F)cc(C#Cc3ccccc3)cc2Cl)c2ncc(-c3cncnc3)n2C12CC2. The Morgan fingerprint density at radius 3 is 2.42 bits per heavy atom. The van der Waals surface area contributed by atoms with E-state index in [1.807, 2.05) is 34.9 Å². The summed E-state index contributed by atoms with van der Waals surface area (Å²) in [6.45, 7) is 0. The Kier molecular flexibility index (Phi) is 4.32. The Morgan fingerprint density at radius 1 is 1.00 bits per heavy atom. The predicted octanol–water partition coefficient (Wildman–Crippen LogP) is 4.70. The van der Waals surface area contributed by atoms with Crippen LogP contribution in [0.25, 0.3) is 11.3 Å². The van der Waals surface area contributed by atoms with Gasteiger partial charge >= 0.3 is 0 Å². The van der Waals surface area contributed by atoms with Gasteiger partial charge < -0.3 is 0 Å². The highest BCUT2D eigenvalue weighted by Crippen LogP contribution is 2.56. The van der Waals surface area contributed by atoms with Gasteiger partial charge in [-0.1, -0.05) is 41.6 Å². The first kappa shape index (κ1) is 19.6. The predicted molar refractivity (Wildman–Crippen MR) is 121 cm³/mol. The van der Waals surface area contributed by atoms with E-state index in [0.29, 0.717) is 30.0 Å². The molecule has 0 N–H and O–H groups in total. The lowest BCUT2D eigenvalue weighted by Crippen LogP contribution is -2.31. The number of benzene rings is 2. The van der Waals surface area contributed by atoms with Crippen molar-refractivity contribution in [2.75, 3.05) is 4.90 Å². The van der Waals surface area contributed by atoms with Gasteiger partial charge in [0.2, 0.25) is 5.95 Å². The molecule has 160 valence electrons. The fourth-order valence-electron chi connectivity index (χ4n) is 4.23. The summed E-state index contributed by atoms with van der Waals surface area (Å²) >= 11 is 6.51. The normalized spacial score (nSPS) is 15.3. The zero-order valence-corrected chi connectivity index (χ0v) is 17.9. The minimum atomic E-state index is -0.779. The molecule has 1 amide bonds. The number of hydrogen-bond acceptors (Lipinski definition) is 4. The van der Waals surface area contributed by atoms with Crippen molar-refractivity contribution in [1.82, 2.24) is 19.5 Å². The molecule has 6 rings (SSSR count). The van der Waals surface area contributed by atoms with E-state index in [1.54, 1.807) is 24.7 Å². The minimum Gasteiger partial charge on any atom is -0.294 e. The number of carbonyl (C=O) groups excluding carboxylic acids is 1. The van der Waals surface area contributed by atoms with Gasteiger partial charge in [0.15, 0.2) is 0 Å². The molecule has 2 aromatic carbocycles. The summed E-state index contributed by atoms with van der Waals surface area (Å²) in [5, 5.41) is 0.0950. The molecule has 0 saturated heterocycles. The maximum Gasteiger partial charge on any atom is 0.260 e. The molecule has 0 bridgehead atoms. The zero-order valence-electron chi connectivity index (χ0n) is 17.2. The summed E-state index contributed by atoms with van der Waals surface area (Å²) in [6, 6.07) is 12.3. The van der Waals surface area contributed by atoms with Crippen LogP contribution in [-0.2, 0) is 10.3 Å². The Bertz CT molecular complexity index is 1450. The second kappa shape index (κ2) is 7.26. The van der Waals surface area contributed by atoms with Crippen LogP contribution in [0.2, 0.25) is 5.02 Å². The van der Waals surface area contributed by atoms with Crippen molar-refractivity contribution in [3.05, 3.63) is 89.3 Å². The first-order valence-electron chi connectivity index (χ1n) is 10.3. The van der Waals surface area contributed by atoms with Gasteiger partial charge in [-0.05, 0) is 37.1 Å². The molecule has 0 unspecified atom stereocenters. The van der Waals surface area contributed by atoms with E-state index in [2.05, 4.69) is 26.8 Å². The Morgan fingerprint density at radius 2 is 1.73 bits per heavy atom. The highest BCUT2D eigenvalue weighted by atomic mass is 35.5. The number of aromatic nitrogens is 4. The number of nitrogens with zero attached hydrogens (tertiary/aromatic N) is 5. The van der Waals surface area contributed by atoms with Crippen LogP contribution in [0, 0.1) is 17.7 Å². The Labute approximate surface area is 193 Å². The second-order valence-electron chi connectivity index (χ2n) is 7.98. The third kappa shape index (κ3) is 3.03. The molecule has 8 heteroatoms. The lowest BCUT2D eigenvalue weighted by Gasteiger charge is -2.18. The van der Waals surface area contributed by atoms with Crippen molar-refractivity contribution in [2.24, 2.45) is 0 Å². The van der Waals surface area contributed by atoms with Crippen molar-refractivity contribution in [3.63, 3.8) is 0 Å². The number of rotatable bonds is 2. The van der Waals surface area contributed by atoms with Crippen LogP contribution < -0.4 is 4.90 Å². The number of imidazole rings is 1. The second-order valence-corrected chi connectivity index (χ2v) is 8.39. The van der Waals surface area contributed by atoms with Gasteiger partial charge in [0.05, 0.1) is 16.9 Å². The number of fused-ring (bicyclic) bond motifs is 2. The molecule has 3 heterocycles. The summed E-state index contributed by atoms with van der Waals surface area (Å²) < 4.78 is 17.2. The van der Waals surface area contributed by atoms with Crippen LogP contribution in [-0.4, -0.2) is 25.4 Å². The quantitative estimate of drug-likeness (QED) is 0.411. The van der Waals surface area contributed by atoms with E-state index in [0.717, 1.165) is 11.1 Å². The van der Waals surface area contributed by atoms with Crippen LogP contribution >= 0.6 is 11.6 Å². The van der Waals surface area contributed by atoms with E-state index in [4.69, 9.17) is 11.6 Å². The van der Waals surface area contributed by atoms with E-state index < -0.39 is 11.4 Å². The molecule has 4 aromatic rings. The molecular formula is C25H15ClFN5O. The molecule has 1 aliphatic carbocycles. The molecule has 0 atom stereocenters. The van der Waals surface area contributed by atoms with E-state index in [-0.39, 0.29) is 16.6 Å². The standard InChI is InChI=1S/C25H15ClFN5O/c26-19-10-17(7-6-16-4-2-1-3-5-16)11-20(27)22(19)31-23(33)25(8-9-25)32-21(14-30-24(31)32)18-12-28-15-29-13-18/h1-5,10-15H,8-9H2. The lowest BCUT2D eigenvalue weighted by atomic mass is 10.1.